The Bertz CT molecular complexity index is 552. The predicted octanol–water partition coefficient (Wildman–Crippen LogP) is 2.98. The molecule has 0 fully saturated rings. The lowest BCUT2D eigenvalue weighted by Gasteiger charge is -2.34. The molecule has 0 aromatic heterocycles. The van der Waals surface area contributed by atoms with Crippen LogP contribution in [0.2, 0.25) is 0 Å². The van der Waals surface area contributed by atoms with Gasteiger partial charge >= 0.3 is 0 Å². The number of aryl methyl sites for hydroxylation is 1. The van der Waals surface area contributed by atoms with E-state index in [1.807, 2.05) is 37.8 Å². The van der Waals surface area contributed by atoms with Crippen molar-refractivity contribution in [3.05, 3.63) is 23.8 Å². The van der Waals surface area contributed by atoms with Crippen LogP contribution in [0.4, 0.5) is 11.4 Å². The fourth-order valence-corrected chi connectivity index (χ4v) is 2.32. The Hall–Kier alpha value is -1.93. The van der Waals surface area contributed by atoms with Crippen LogP contribution in [0.3, 0.4) is 0 Å². The van der Waals surface area contributed by atoms with Crippen LogP contribution < -0.4 is 4.90 Å². The molecule has 0 bridgehead atoms. The molecule has 4 nitrogen and oxygen atoms in total. The molecule has 0 radical (unpaired) electrons. The summed E-state index contributed by atoms with van der Waals surface area (Å²) in [5.41, 5.74) is 2.21. The van der Waals surface area contributed by atoms with Gasteiger partial charge in [0.05, 0.1) is 5.69 Å². The summed E-state index contributed by atoms with van der Waals surface area (Å²) in [6, 6.07) is 5.48. The average Bonchev–Trinajstić information content (AvgIpc) is 2.36. The largest absolute Gasteiger partial charge is 0.312 e. The van der Waals surface area contributed by atoms with E-state index in [-0.39, 0.29) is 5.91 Å². The van der Waals surface area contributed by atoms with E-state index in [0.717, 1.165) is 30.6 Å². The first-order valence-electron chi connectivity index (χ1n) is 6.46. The summed E-state index contributed by atoms with van der Waals surface area (Å²) in [4.78, 5) is 28.2. The highest BCUT2D eigenvalue weighted by atomic mass is 16.2. The van der Waals surface area contributed by atoms with E-state index in [4.69, 9.17) is 0 Å². The van der Waals surface area contributed by atoms with E-state index < -0.39 is 5.41 Å². The Labute approximate surface area is 113 Å². The Morgan fingerprint density at radius 2 is 2.11 bits per heavy atom. The minimum atomic E-state index is -0.395. The van der Waals surface area contributed by atoms with Gasteiger partial charge in [-0.2, -0.15) is 4.99 Å². The zero-order valence-corrected chi connectivity index (χ0v) is 11.6. The third-order valence-corrected chi connectivity index (χ3v) is 3.24. The van der Waals surface area contributed by atoms with Crippen molar-refractivity contribution in [3.63, 3.8) is 0 Å². The van der Waals surface area contributed by atoms with Crippen molar-refractivity contribution in [2.45, 2.75) is 33.6 Å². The number of carbonyl (C=O) groups excluding carboxylic acids is 2. The molecule has 0 saturated carbocycles. The Kier molecular flexibility index (Phi) is 3.54. The molecular formula is C15H18N2O2. The number of anilines is 1. The molecule has 19 heavy (non-hydrogen) atoms. The SMILES string of the molecule is CC(C)(C)C(=O)N1CCCc2cc(N=C=O)ccc21. The van der Waals surface area contributed by atoms with Gasteiger partial charge in [-0.1, -0.05) is 20.8 Å². The average molecular weight is 258 g/mol. The highest BCUT2D eigenvalue weighted by Crippen LogP contribution is 2.33. The summed E-state index contributed by atoms with van der Waals surface area (Å²) in [7, 11) is 0. The molecule has 1 aliphatic heterocycles. The van der Waals surface area contributed by atoms with Gasteiger partial charge in [0.15, 0.2) is 0 Å². The van der Waals surface area contributed by atoms with Crippen molar-refractivity contribution in [1.82, 2.24) is 0 Å². The number of carbonyl (C=O) groups is 1. The molecule has 1 aromatic carbocycles. The summed E-state index contributed by atoms with van der Waals surface area (Å²) in [6.07, 6.45) is 3.39. The van der Waals surface area contributed by atoms with Gasteiger partial charge < -0.3 is 4.90 Å². The number of hydrogen-bond acceptors (Lipinski definition) is 3. The Morgan fingerprint density at radius 3 is 2.74 bits per heavy atom. The molecule has 1 aromatic rings. The van der Waals surface area contributed by atoms with Crippen molar-refractivity contribution >= 4 is 23.4 Å². The topological polar surface area (TPSA) is 49.7 Å². The maximum absolute atomic E-state index is 12.4. The molecule has 0 spiro atoms. The zero-order chi connectivity index (χ0) is 14.0. The standard InChI is InChI=1S/C15H18N2O2/c1-15(2,3)14(19)17-8-4-5-11-9-12(16-10-18)6-7-13(11)17/h6-7,9H,4-5,8H2,1-3H3. The molecule has 0 aliphatic carbocycles. The highest BCUT2D eigenvalue weighted by Gasteiger charge is 2.30. The van der Waals surface area contributed by atoms with Crippen LogP contribution in [0.5, 0.6) is 0 Å². The summed E-state index contributed by atoms with van der Waals surface area (Å²) in [6.45, 7) is 6.53. The van der Waals surface area contributed by atoms with E-state index >= 15 is 0 Å². The third kappa shape index (κ3) is 2.74. The van der Waals surface area contributed by atoms with Gasteiger partial charge in [0.2, 0.25) is 12.0 Å². The molecule has 100 valence electrons. The minimum absolute atomic E-state index is 0.125. The van der Waals surface area contributed by atoms with Gasteiger partial charge in [0.25, 0.3) is 0 Å². The normalized spacial score (nSPS) is 14.6. The number of isocyanates is 1. The second kappa shape index (κ2) is 4.98. The molecule has 1 heterocycles. The number of nitrogens with zero attached hydrogens (tertiary/aromatic N) is 2. The van der Waals surface area contributed by atoms with Gasteiger partial charge in [-0.05, 0) is 36.6 Å². The summed E-state index contributed by atoms with van der Waals surface area (Å²) >= 11 is 0. The smallest absolute Gasteiger partial charge is 0.240 e. The molecule has 0 atom stereocenters. The van der Waals surface area contributed by atoms with Gasteiger partial charge in [-0.15, -0.1) is 0 Å². The first-order chi connectivity index (χ1) is 8.93. The van der Waals surface area contributed by atoms with Crippen LogP contribution in [0, 0.1) is 5.41 Å². The number of rotatable bonds is 1. The van der Waals surface area contributed by atoms with Crippen molar-refractivity contribution in [3.8, 4) is 0 Å². The Balaban J connectivity index is 2.40. The van der Waals surface area contributed by atoms with E-state index in [0.29, 0.717) is 5.69 Å². The van der Waals surface area contributed by atoms with Crippen molar-refractivity contribution in [1.29, 1.82) is 0 Å². The van der Waals surface area contributed by atoms with Gasteiger partial charge in [0.1, 0.15) is 0 Å². The van der Waals surface area contributed by atoms with Crippen LogP contribution in [0.15, 0.2) is 23.2 Å². The Morgan fingerprint density at radius 1 is 1.37 bits per heavy atom. The third-order valence-electron chi connectivity index (χ3n) is 3.24. The molecule has 0 saturated heterocycles. The predicted molar refractivity (Wildman–Crippen MR) is 74.4 cm³/mol. The van der Waals surface area contributed by atoms with E-state index in [9.17, 15) is 9.59 Å². The molecule has 0 unspecified atom stereocenters. The van der Waals surface area contributed by atoms with Crippen LogP contribution in [-0.4, -0.2) is 18.5 Å². The maximum atomic E-state index is 12.4. The maximum Gasteiger partial charge on any atom is 0.240 e. The number of aliphatic imine (C=N–C) groups is 1. The number of fused-ring (bicyclic) bond motifs is 1. The fourth-order valence-electron chi connectivity index (χ4n) is 2.32. The molecule has 1 aliphatic rings. The number of amides is 1. The van der Waals surface area contributed by atoms with Crippen molar-refractivity contribution in [2.24, 2.45) is 10.4 Å². The van der Waals surface area contributed by atoms with Crippen LogP contribution in [-0.2, 0) is 16.0 Å². The van der Waals surface area contributed by atoms with E-state index in [1.165, 1.54) is 0 Å². The quantitative estimate of drug-likeness (QED) is 0.574. The second-order valence-corrected chi connectivity index (χ2v) is 5.83. The minimum Gasteiger partial charge on any atom is -0.312 e. The van der Waals surface area contributed by atoms with Crippen LogP contribution in [0.1, 0.15) is 32.8 Å². The highest BCUT2D eigenvalue weighted by molar-refractivity contribution is 5.98. The monoisotopic (exact) mass is 258 g/mol. The second-order valence-electron chi connectivity index (χ2n) is 5.83. The molecular weight excluding hydrogens is 240 g/mol. The van der Waals surface area contributed by atoms with Crippen molar-refractivity contribution in [2.75, 3.05) is 11.4 Å². The van der Waals surface area contributed by atoms with E-state index in [2.05, 4.69) is 4.99 Å². The zero-order valence-electron chi connectivity index (χ0n) is 11.6. The van der Waals surface area contributed by atoms with Gasteiger partial charge in [-0.25, -0.2) is 4.79 Å². The lowest BCUT2D eigenvalue weighted by Crippen LogP contribution is -2.42. The molecule has 1 amide bonds. The van der Waals surface area contributed by atoms with Gasteiger partial charge in [-0.3, -0.25) is 4.79 Å². The number of benzene rings is 1. The molecule has 2 rings (SSSR count). The molecule has 0 N–H and O–H groups in total. The summed E-state index contributed by atoms with van der Waals surface area (Å²) in [5.74, 6) is 0.125. The van der Waals surface area contributed by atoms with Crippen LogP contribution in [0.25, 0.3) is 0 Å². The first-order valence-corrected chi connectivity index (χ1v) is 6.46. The van der Waals surface area contributed by atoms with E-state index in [1.54, 1.807) is 12.1 Å². The fraction of sp³-hybridized carbons (Fsp3) is 0.467. The number of hydrogen-bond donors (Lipinski definition) is 0. The molecule has 4 heteroatoms. The van der Waals surface area contributed by atoms with Gasteiger partial charge in [0, 0.05) is 17.6 Å². The van der Waals surface area contributed by atoms with Crippen molar-refractivity contribution < 1.29 is 9.59 Å². The first kappa shape index (κ1) is 13.5. The summed E-state index contributed by atoms with van der Waals surface area (Å²) < 4.78 is 0. The summed E-state index contributed by atoms with van der Waals surface area (Å²) in [5, 5.41) is 0. The lowest BCUT2D eigenvalue weighted by atomic mass is 9.92. The van der Waals surface area contributed by atoms with Crippen LogP contribution >= 0.6 is 0 Å². The lowest BCUT2D eigenvalue weighted by molar-refractivity contribution is -0.125.